The lowest BCUT2D eigenvalue weighted by Crippen LogP contribution is -2.34. The van der Waals surface area contributed by atoms with E-state index in [1.807, 2.05) is 7.05 Å². The number of hydrogen-bond donors (Lipinski definition) is 2. The summed E-state index contributed by atoms with van der Waals surface area (Å²) in [4.78, 5) is 14.2. The zero-order chi connectivity index (χ0) is 13.5. The number of nitrogens with one attached hydrogen (secondary N) is 1. The van der Waals surface area contributed by atoms with Crippen LogP contribution in [0.2, 0.25) is 0 Å². The molecule has 2 fully saturated rings. The van der Waals surface area contributed by atoms with Crippen LogP contribution in [0.4, 0.5) is 5.69 Å². The minimum atomic E-state index is 0.188. The molecule has 2 aliphatic rings. The number of rotatable bonds is 2. The van der Waals surface area contributed by atoms with Gasteiger partial charge in [0.25, 0.3) is 0 Å². The number of anilines is 1. The lowest BCUT2D eigenvalue weighted by atomic mass is 9.91. The molecular formula is C15H20N2O2. The summed E-state index contributed by atoms with van der Waals surface area (Å²) in [5.41, 5.74) is 1.12. The lowest BCUT2D eigenvalue weighted by molar-refractivity contribution is -0.120. The number of aromatic hydroxyl groups is 1. The minimum absolute atomic E-state index is 0.188. The summed E-state index contributed by atoms with van der Waals surface area (Å²) in [5.74, 6) is 0.631. The molecular weight excluding hydrogens is 240 g/mol. The van der Waals surface area contributed by atoms with Crippen molar-refractivity contribution in [2.75, 3.05) is 25.0 Å². The Morgan fingerprint density at radius 2 is 1.95 bits per heavy atom. The second-order valence-electron chi connectivity index (χ2n) is 5.78. The molecule has 19 heavy (non-hydrogen) atoms. The fourth-order valence-electron chi connectivity index (χ4n) is 3.21. The van der Waals surface area contributed by atoms with Crippen molar-refractivity contribution < 1.29 is 9.90 Å². The van der Waals surface area contributed by atoms with Crippen molar-refractivity contribution in [3.63, 3.8) is 0 Å². The largest absolute Gasteiger partial charge is 0.508 e. The van der Waals surface area contributed by atoms with Gasteiger partial charge >= 0.3 is 0 Å². The molecule has 1 saturated carbocycles. The normalized spacial score (nSPS) is 24.2. The van der Waals surface area contributed by atoms with Gasteiger partial charge in [-0.2, -0.15) is 0 Å². The Kier molecular flexibility index (Phi) is 2.97. The first-order chi connectivity index (χ1) is 9.12. The molecule has 1 heterocycles. The second-order valence-corrected chi connectivity index (χ2v) is 5.78. The molecule has 0 aromatic heterocycles. The number of benzene rings is 1. The molecule has 4 heteroatoms. The van der Waals surface area contributed by atoms with E-state index in [0.29, 0.717) is 0 Å². The van der Waals surface area contributed by atoms with Gasteiger partial charge < -0.3 is 15.3 Å². The van der Waals surface area contributed by atoms with Gasteiger partial charge in [-0.1, -0.05) is 0 Å². The van der Waals surface area contributed by atoms with Crippen LogP contribution in [0.1, 0.15) is 19.3 Å². The molecule has 0 radical (unpaired) electrons. The van der Waals surface area contributed by atoms with Crippen molar-refractivity contribution in [1.82, 2.24) is 5.32 Å². The van der Waals surface area contributed by atoms with Crippen LogP contribution in [-0.4, -0.2) is 31.2 Å². The summed E-state index contributed by atoms with van der Waals surface area (Å²) in [6, 6.07) is 6.80. The van der Waals surface area contributed by atoms with Gasteiger partial charge in [0.15, 0.2) is 0 Å². The summed E-state index contributed by atoms with van der Waals surface area (Å²) in [6.07, 6.45) is 3.27. The van der Waals surface area contributed by atoms with E-state index in [9.17, 15) is 9.90 Å². The fraction of sp³-hybridized carbons (Fsp3) is 0.533. The van der Waals surface area contributed by atoms with Crippen LogP contribution < -0.4 is 10.2 Å². The van der Waals surface area contributed by atoms with E-state index in [-0.39, 0.29) is 23.0 Å². The van der Waals surface area contributed by atoms with Crippen LogP contribution in [0.3, 0.4) is 0 Å². The number of nitrogens with zero attached hydrogens (tertiary/aromatic N) is 1. The molecule has 1 aliphatic carbocycles. The predicted octanol–water partition coefficient (Wildman–Crippen LogP) is 1.74. The van der Waals surface area contributed by atoms with E-state index in [0.717, 1.165) is 38.0 Å². The molecule has 102 valence electrons. The van der Waals surface area contributed by atoms with E-state index >= 15 is 0 Å². The van der Waals surface area contributed by atoms with Crippen LogP contribution in [0, 0.1) is 11.3 Å². The van der Waals surface area contributed by atoms with Crippen LogP contribution >= 0.6 is 0 Å². The number of piperidine rings is 1. The molecule has 1 amide bonds. The highest BCUT2D eigenvalue weighted by Crippen LogP contribution is 2.59. The monoisotopic (exact) mass is 260 g/mol. The average Bonchev–Trinajstić information content (AvgIpc) is 3.12. The van der Waals surface area contributed by atoms with E-state index in [1.54, 1.807) is 29.2 Å². The molecule has 1 unspecified atom stereocenters. The summed E-state index contributed by atoms with van der Waals surface area (Å²) in [5, 5.41) is 12.6. The van der Waals surface area contributed by atoms with E-state index in [4.69, 9.17) is 0 Å². The van der Waals surface area contributed by atoms with Gasteiger partial charge in [-0.25, -0.2) is 0 Å². The summed E-state index contributed by atoms with van der Waals surface area (Å²) < 4.78 is 0. The van der Waals surface area contributed by atoms with Gasteiger partial charge in [0.05, 0.1) is 0 Å². The average molecular weight is 260 g/mol. The maximum absolute atomic E-state index is 12.5. The molecule has 1 saturated heterocycles. The first kappa shape index (κ1) is 12.5. The van der Waals surface area contributed by atoms with Crippen LogP contribution in [0.5, 0.6) is 5.75 Å². The number of phenolic OH excluding ortho intramolecular Hbond substituents is 1. The van der Waals surface area contributed by atoms with E-state index in [2.05, 4.69) is 5.32 Å². The minimum Gasteiger partial charge on any atom is -0.508 e. The number of carbonyl (C=O) groups is 1. The third-order valence-electron chi connectivity index (χ3n) is 4.65. The molecule has 4 nitrogen and oxygen atoms in total. The smallest absolute Gasteiger partial charge is 0.230 e. The van der Waals surface area contributed by atoms with Gasteiger partial charge in [-0.3, -0.25) is 4.79 Å². The third kappa shape index (κ3) is 2.21. The van der Waals surface area contributed by atoms with Gasteiger partial charge in [0, 0.05) is 18.7 Å². The van der Waals surface area contributed by atoms with Crippen molar-refractivity contribution in [3.8, 4) is 5.75 Å². The van der Waals surface area contributed by atoms with Crippen molar-refractivity contribution >= 4 is 11.6 Å². The highest BCUT2D eigenvalue weighted by molar-refractivity contribution is 5.97. The van der Waals surface area contributed by atoms with Crippen molar-refractivity contribution in [3.05, 3.63) is 24.3 Å². The number of amides is 1. The van der Waals surface area contributed by atoms with Crippen LogP contribution in [0.15, 0.2) is 24.3 Å². The Morgan fingerprint density at radius 3 is 2.58 bits per heavy atom. The zero-order valence-corrected chi connectivity index (χ0v) is 11.2. The first-order valence-electron chi connectivity index (χ1n) is 6.90. The van der Waals surface area contributed by atoms with Crippen LogP contribution in [0.25, 0.3) is 0 Å². The molecule has 1 atom stereocenters. The Bertz CT molecular complexity index is 477. The van der Waals surface area contributed by atoms with Gasteiger partial charge in [0.1, 0.15) is 5.75 Å². The molecule has 1 aliphatic heterocycles. The Labute approximate surface area is 113 Å². The van der Waals surface area contributed by atoms with Crippen molar-refractivity contribution in [1.29, 1.82) is 0 Å². The highest BCUT2D eigenvalue weighted by Gasteiger charge is 2.58. The number of phenols is 1. The highest BCUT2D eigenvalue weighted by atomic mass is 16.3. The summed E-state index contributed by atoms with van der Waals surface area (Å²) in [7, 11) is 1.82. The van der Waals surface area contributed by atoms with Gasteiger partial charge in [0.2, 0.25) is 5.91 Å². The van der Waals surface area contributed by atoms with Gasteiger partial charge in [-0.05, 0) is 62.0 Å². The van der Waals surface area contributed by atoms with Gasteiger partial charge in [-0.15, -0.1) is 0 Å². The zero-order valence-electron chi connectivity index (χ0n) is 11.2. The molecule has 3 rings (SSSR count). The molecule has 1 aromatic carbocycles. The maximum Gasteiger partial charge on any atom is 0.230 e. The molecule has 1 spiro atoms. The Balaban J connectivity index is 1.69. The quantitative estimate of drug-likeness (QED) is 0.851. The van der Waals surface area contributed by atoms with E-state index < -0.39 is 0 Å². The van der Waals surface area contributed by atoms with Crippen molar-refractivity contribution in [2.45, 2.75) is 19.3 Å². The summed E-state index contributed by atoms with van der Waals surface area (Å²) in [6.45, 7) is 2.07. The second kappa shape index (κ2) is 4.53. The van der Waals surface area contributed by atoms with Crippen molar-refractivity contribution in [2.24, 2.45) is 11.3 Å². The standard InChI is InChI=1S/C15H20N2O2/c1-17(11-2-4-12(18)5-3-11)14(19)13-10-15(13)6-8-16-9-7-15/h2-5,13,16,18H,6-10H2,1H3. The Hall–Kier alpha value is -1.55. The Morgan fingerprint density at radius 1 is 1.32 bits per heavy atom. The SMILES string of the molecule is CN(C(=O)C1CC12CCNCC2)c1ccc(O)cc1. The lowest BCUT2D eigenvalue weighted by Gasteiger charge is -2.25. The first-order valence-corrected chi connectivity index (χ1v) is 6.90. The number of hydrogen-bond acceptors (Lipinski definition) is 3. The fourth-order valence-corrected chi connectivity index (χ4v) is 3.21. The number of carbonyl (C=O) groups excluding carboxylic acids is 1. The molecule has 2 N–H and O–H groups in total. The predicted molar refractivity (Wildman–Crippen MR) is 74.2 cm³/mol. The summed E-state index contributed by atoms with van der Waals surface area (Å²) >= 11 is 0. The van der Waals surface area contributed by atoms with E-state index in [1.165, 1.54) is 0 Å². The molecule has 1 aromatic rings. The third-order valence-corrected chi connectivity index (χ3v) is 4.65. The van der Waals surface area contributed by atoms with Crippen LogP contribution in [-0.2, 0) is 4.79 Å². The molecule has 0 bridgehead atoms. The maximum atomic E-state index is 12.5. The topological polar surface area (TPSA) is 52.6 Å².